The van der Waals surface area contributed by atoms with Gasteiger partial charge in [0.1, 0.15) is 0 Å². The standard InChI is InChI=1S/C13H25NO.C13H27NO.C12H25NO2S.C12H24/c1-11(2)6-4-5-9-14(12(3)15)10-13-7-8-13;1-12(2)5-3-4-8-14(9-10-15)11-13-6-7-13;1-11(2)6-4-5-9-13(16(3,14)15)10-12-7-8-12;1-11(2)7-5-3-4-6-8-12-9-10-12/h11,13H,4-10H2,1-3H3;12-13,15H,3-11H2,1-2H3;11-12H,4-10H2,1-3H3;11-12H,3-10H2,1-2H3. The molecule has 8 heteroatoms. The molecule has 4 aliphatic carbocycles. The molecule has 1 N–H and O–H groups in total. The first-order valence-electron chi connectivity index (χ1n) is 25.0. The van der Waals surface area contributed by atoms with Gasteiger partial charge < -0.3 is 14.9 Å². The summed E-state index contributed by atoms with van der Waals surface area (Å²) < 4.78 is 24.8. The minimum absolute atomic E-state index is 0.256. The van der Waals surface area contributed by atoms with Crippen LogP contribution in [0.3, 0.4) is 0 Å². The van der Waals surface area contributed by atoms with Gasteiger partial charge >= 0.3 is 0 Å². The molecule has 0 aliphatic heterocycles. The van der Waals surface area contributed by atoms with Gasteiger partial charge in [-0.15, -0.1) is 0 Å². The molecular weight excluding hydrogens is 739 g/mol. The van der Waals surface area contributed by atoms with E-state index in [9.17, 15) is 13.2 Å². The van der Waals surface area contributed by atoms with Crippen LogP contribution >= 0.6 is 0 Å². The summed E-state index contributed by atoms with van der Waals surface area (Å²) >= 11 is 0. The Kier molecular flexibility index (Phi) is 31.4. The van der Waals surface area contributed by atoms with Gasteiger partial charge in [-0.2, -0.15) is 0 Å². The molecule has 58 heavy (non-hydrogen) atoms. The third kappa shape index (κ3) is 37.1. The number of aliphatic hydroxyl groups is 1. The lowest BCUT2D eigenvalue weighted by Crippen LogP contribution is -2.32. The molecule has 0 heterocycles. The quantitative estimate of drug-likeness (QED) is 0.0703. The average Bonchev–Trinajstić information content (AvgIpc) is 3.94. The number of rotatable bonds is 31. The van der Waals surface area contributed by atoms with Crippen molar-refractivity contribution in [2.24, 2.45) is 47.3 Å². The number of aliphatic hydroxyl groups excluding tert-OH is 1. The predicted molar refractivity (Wildman–Crippen MR) is 252 cm³/mol. The molecule has 0 unspecified atom stereocenters. The Morgan fingerprint density at radius 2 is 0.914 bits per heavy atom. The predicted octanol–water partition coefficient (Wildman–Crippen LogP) is 12.5. The smallest absolute Gasteiger partial charge is 0.219 e. The number of carbonyl (C=O) groups is 1. The van der Waals surface area contributed by atoms with E-state index in [0.29, 0.717) is 19.1 Å². The monoisotopic (exact) mass is 840 g/mol. The molecule has 0 aromatic rings. The lowest BCUT2D eigenvalue weighted by Gasteiger charge is -2.21. The van der Waals surface area contributed by atoms with Crippen molar-refractivity contribution < 1.29 is 18.3 Å². The third-order valence-electron chi connectivity index (χ3n) is 12.1. The minimum atomic E-state index is -2.99. The molecule has 0 atom stereocenters. The van der Waals surface area contributed by atoms with E-state index in [2.05, 4.69) is 60.3 Å². The second kappa shape index (κ2) is 32.9. The zero-order chi connectivity index (χ0) is 43.3. The van der Waals surface area contributed by atoms with Crippen LogP contribution in [0, 0.1) is 47.3 Å². The second-order valence-electron chi connectivity index (χ2n) is 20.9. The van der Waals surface area contributed by atoms with Crippen LogP contribution in [0.4, 0.5) is 0 Å². The Bertz CT molecular complexity index is 1070. The van der Waals surface area contributed by atoms with E-state index in [1.807, 2.05) is 4.90 Å². The molecule has 4 rings (SSSR count). The number of carbonyl (C=O) groups excluding carboxylic acids is 1. The Morgan fingerprint density at radius 3 is 1.33 bits per heavy atom. The van der Waals surface area contributed by atoms with Crippen molar-refractivity contribution in [1.29, 1.82) is 0 Å². The lowest BCUT2D eigenvalue weighted by atomic mass is 10.0. The number of amides is 1. The van der Waals surface area contributed by atoms with Gasteiger partial charge in [0.05, 0.1) is 12.9 Å². The van der Waals surface area contributed by atoms with Crippen molar-refractivity contribution >= 4 is 15.9 Å². The SMILES string of the molecule is CC(=O)N(CCCCC(C)C)CC1CC1.CC(C)CCCCCCC1CC1.CC(C)CCCCN(CC1CC1)S(C)(=O)=O.CC(C)CCCCN(CCO)CC1CC1. The highest BCUT2D eigenvalue weighted by Gasteiger charge is 2.28. The fourth-order valence-corrected chi connectivity index (χ4v) is 8.34. The Labute approximate surface area is 363 Å². The van der Waals surface area contributed by atoms with E-state index < -0.39 is 10.0 Å². The van der Waals surface area contributed by atoms with Crippen LogP contribution in [0.5, 0.6) is 0 Å². The molecule has 346 valence electrons. The first-order chi connectivity index (χ1) is 27.5. The largest absolute Gasteiger partial charge is 0.395 e. The van der Waals surface area contributed by atoms with Crippen molar-refractivity contribution in [1.82, 2.24) is 14.1 Å². The molecule has 0 bridgehead atoms. The van der Waals surface area contributed by atoms with Gasteiger partial charge in [0, 0.05) is 46.2 Å². The molecule has 4 fully saturated rings. The molecule has 0 aromatic heterocycles. The maximum absolute atomic E-state index is 11.5. The van der Waals surface area contributed by atoms with Crippen LogP contribution < -0.4 is 0 Å². The van der Waals surface area contributed by atoms with Crippen LogP contribution in [-0.2, 0) is 14.8 Å². The van der Waals surface area contributed by atoms with Crippen molar-refractivity contribution in [3.05, 3.63) is 0 Å². The van der Waals surface area contributed by atoms with E-state index in [4.69, 9.17) is 5.11 Å². The summed E-state index contributed by atoms with van der Waals surface area (Å²) in [5, 5.41) is 8.97. The highest BCUT2D eigenvalue weighted by Crippen LogP contribution is 2.34. The maximum atomic E-state index is 11.5. The Balaban J connectivity index is 0.000000388. The number of hydrogen-bond acceptors (Lipinski definition) is 5. The average molecular weight is 840 g/mol. The summed E-state index contributed by atoms with van der Waals surface area (Å²) in [6.45, 7) is 26.9. The zero-order valence-corrected chi connectivity index (χ0v) is 41.3. The minimum Gasteiger partial charge on any atom is -0.395 e. The molecule has 4 saturated carbocycles. The maximum Gasteiger partial charge on any atom is 0.219 e. The van der Waals surface area contributed by atoms with Gasteiger partial charge in [-0.25, -0.2) is 12.7 Å². The highest BCUT2D eigenvalue weighted by molar-refractivity contribution is 7.88. The van der Waals surface area contributed by atoms with Gasteiger partial charge in [-0.05, 0) is 112 Å². The molecule has 0 saturated heterocycles. The lowest BCUT2D eigenvalue weighted by molar-refractivity contribution is -0.129. The fraction of sp³-hybridized carbons (Fsp3) is 0.980. The number of hydrogen-bond donors (Lipinski definition) is 1. The first-order valence-corrected chi connectivity index (χ1v) is 26.9. The molecular formula is C50H101N3O4S. The van der Waals surface area contributed by atoms with E-state index in [1.54, 1.807) is 11.2 Å². The highest BCUT2D eigenvalue weighted by atomic mass is 32.2. The summed E-state index contributed by atoms with van der Waals surface area (Å²) in [4.78, 5) is 15.8. The number of nitrogens with zero attached hydrogens (tertiary/aromatic N) is 3. The van der Waals surface area contributed by atoms with Crippen LogP contribution in [0.15, 0.2) is 0 Å². The summed E-state index contributed by atoms with van der Waals surface area (Å²) in [6.07, 6.45) is 32.2. The summed E-state index contributed by atoms with van der Waals surface area (Å²) in [5.41, 5.74) is 0. The van der Waals surface area contributed by atoms with Crippen LogP contribution in [0.1, 0.15) is 210 Å². The normalized spacial score (nSPS) is 16.7. The van der Waals surface area contributed by atoms with E-state index >= 15 is 0 Å². The van der Waals surface area contributed by atoms with Gasteiger partial charge in [0.2, 0.25) is 15.9 Å². The third-order valence-corrected chi connectivity index (χ3v) is 13.4. The van der Waals surface area contributed by atoms with Crippen molar-refractivity contribution in [3.8, 4) is 0 Å². The van der Waals surface area contributed by atoms with Crippen LogP contribution in [0.25, 0.3) is 0 Å². The van der Waals surface area contributed by atoms with Gasteiger partial charge in [0.25, 0.3) is 0 Å². The van der Waals surface area contributed by atoms with Gasteiger partial charge in [0.15, 0.2) is 0 Å². The Morgan fingerprint density at radius 1 is 0.517 bits per heavy atom. The van der Waals surface area contributed by atoms with Crippen LogP contribution in [-0.4, -0.2) is 92.2 Å². The molecule has 0 aromatic carbocycles. The molecule has 0 radical (unpaired) electrons. The van der Waals surface area contributed by atoms with Crippen molar-refractivity contribution in [2.75, 3.05) is 58.7 Å². The summed E-state index contributed by atoms with van der Waals surface area (Å²) in [7, 11) is -2.99. The van der Waals surface area contributed by atoms with Crippen LogP contribution in [0.2, 0.25) is 0 Å². The van der Waals surface area contributed by atoms with Crippen molar-refractivity contribution in [3.63, 3.8) is 0 Å². The zero-order valence-electron chi connectivity index (χ0n) is 40.5. The van der Waals surface area contributed by atoms with E-state index in [1.165, 1.54) is 154 Å². The van der Waals surface area contributed by atoms with Gasteiger partial charge in [-0.1, -0.05) is 145 Å². The molecule has 1 amide bonds. The second-order valence-corrected chi connectivity index (χ2v) is 22.9. The molecule has 0 spiro atoms. The van der Waals surface area contributed by atoms with Gasteiger partial charge in [-0.3, -0.25) is 4.79 Å². The molecule has 7 nitrogen and oxygen atoms in total. The van der Waals surface area contributed by atoms with E-state index in [0.717, 1.165) is 80.4 Å². The number of unbranched alkanes of at least 4 members (excludes halogenated alkanes) is 6. The van der Waals surface area contributed by atoms with E-state index in [-0.39, 0.29) is 5.91 Å². The summed E-state index contributed by atoms with van der Waals surface area (Å²) in [6, 6.07) is 0. The summed E-state index contributed by atoms with van der Waals surface area (Å²) in [5.74, 6) is 7.06. The topological polar surface area (TPSA) is 81.2 Å². The van der Waals surface area contributed by atoms with Crippen molar-refractivity contribution in [2.45, 2.75) is 210 Å². The first kappa shape index (κ1) is 55.3. The fourth-order valence-electron chi connectivity index (χ4n) is 7.40. The Hall–Kier alpha value is -0.700. The number of sulfonamides is 1. The molecule has 4 aliphatic rings.